The monoisotopic (exact) mass is 272 g/mol. The molecule has 1 aliphatic carbocycles. The van der Waals surface area contributed by atoms with E-state index < -0.39 is 29.4 Å². The van der Waals surface area contributed by atoms with Crippen molar-refractivity contribution in [2.75, 3.05) is 6.54 Å². The lowest BCUT2D eigenvalue weighted by Crippen LogP contribution is -2.54. The van der Waals surface area contributed by atoms with Crippen LogP contribution in [-0.4, -0.2) is 40.3 Å². The van der Waals surface area contributed by atoms with E-state index in [-0.39, 0.29) is 5.92 Å². The van der Waals surface area contributed by atoms with Gasteiger partial charge in [0.15, 0.2) is 0 Å². The number of hydrogen-bond donors (Lipinski definition) is 4. The van der Waals surface area contributed by atoms with Crippen molar-refractivity contribution < 1.29 is 19.8 Å². The minimum atomic E-state index is -1.29. The lowest BCUT2D eigenvalue weighted by atomic mass is 9.79. The fraction of sp³-hybridized carbons (Fsp3) is 0.846. The predicted octanol–water partition coefficient (Wildman–Crippen LogP) is 0.0918. The quantitative estimate of drug-likeness (QED) is 0.566. The van der Waals surface area contributed by atoms with Gasteiger partial charge in [-0.1, -0.05) is 12.8 Å². The van der Waals surface area contributed by atoms with Crippen molar-refractivity contribution in [2.24, 2.45) is 17.6 Å². The van der Waals surface area contributed by atoms with Crippen molar-refractivity contribution in [1.29, 1.82) is 0 Å². The Labute approximate surface area is 113 Å². The van der Waals surface area contributed by atoms with Gasteiger partial charge in [-0.3, -0.25) is 9.59 Å². The first kappa shape index (κ1) is 15.9. The third kappa shape index (κ3) is 4.47. The summed E-state index contributed by atoms with van der Waals surface area (Å²) in [7, 11) is 0. The van der Waals surface area contributed by atoms with Crippen molar-refractivity contribution in [1.82, 2.24) is 5.32 Å². The van der Waals surface area contributed by atoms with Crippen molar-refractivity contribution in [3.63, 3.8) is 0 Å². The van der Waals surface area contributed by atoms with Gasteiger partial charge in [0, 0.05) is 6.54 Å². The standard InChI is InChI=1S/C13H24N2O4/c1-13(2,19)10(14)11(16)15-7-8-5-3-4-6-9(8)12(17)18/h8-10,19H,3-7,14H2,1-2H3,(H,15,16)(H,17,18). The fourth-order valence-electron chi connectivity index (χ4n) is 2.44. The zero-order valence-corrected chi connectivity index (χ0v) is 11.6. The number of carbonyl (C=O) groups is 2. The number of nitrogens with one attached hydrogen (secondary N) is 1. The molecule has 1 aliphatic rings. The van der Waals surface area contributed by atoms with Gasteiger partial charge >= 0.3 is 5.97 Å². The maximum atomic E-state index is 11.8. The summed E-state index contributed by atoms with van der Waals surface area (Å²) in [4.78, 5) is 22.9. The van der Waals surface area contributed by atoms with Gasteiger partial charge in [-0.15, -0.1) is 0 Å². The molecule has 0 saturated heterocycles. The van der Waals surface area contributed by atoms with Crippen molar-refractivity contribution in [2.45, 2.75) is 51.2 Å². The van der Waals surface area contributed by atoms with Gasteiger partial charge in [0.25, 0.3) is 0 Å². The van der Waals surface area contributed by atoms with E-state index >= 15 is 0 Å². The molecule has 0 spiro atoms. The number of aliphatic carboxylic acids is 1. The Bertz CT molecular complexity index is 338. The Morgan fingerprint density at radius 3 is 2.47 bits per heavy atom. The van der Waals surface area contributed by atoms with Crippen LogP contribution in [0, 0.1) is 11.8 Å². The minimum Gasteiger partial charge on any atom is -0.481 e. The van der Waals surface area contributed by atoms with E-state index in [4.69, 9.17) is 10.8 Å². The maximum Gasteiger partial charge on any atom is 0.306 e. The highest BCUT2D eigenvalue weighted by Crippen LogP contribution is 2.29. The number of hydrogen-bond acceptors (Lipinski definition) is 4. The second kappa shape index (κ2) is 6.34. The molecule has 0 aromatic carbocycles. The van der Waals surface area contributed by atoms with Crippen LogP contribution in [0.5, 0.6) is 0 Å². The molecular formula is C13H24N2O4. The lowest BCUT2D eigenvalue weighted by Gasteiger charge is -2.30. The van der Waals surface area contributed by atoms with Gasteiger partial charge in [-0.25, -0.2) is 0 Å². The van der Waals surface area contributed by atoms with Gasteiger partial charge < -0.3 is 21.3 Å². The van der Waals surface area contributed by atoms with Gasteiger partial charge in [0.1, 0.15) is 6.04 Å². The van der Waals surface area contributed by atoms with E-state index in [0.29, 0.717) is 13.0 Å². The summed E-state index contributed by atoms with van der Waals surface area (Å²) in [5.74, 6) is -1.69. The fourth-order valence-corrected chi connectivity index (χ4v) is 2.44. The topological polar surface area (TPSA) is 113 Å². The molecule has 6 heteroatoms. The van der Waals surface area contributed by atoms with Gasteiger partial charge in [-0.2, -0.15) is 0 Å². The highest BCUT2D eigenvalue weighted by Gasteiger charge is 2.33. The molecule has 0 aromatic heterocycles. The van der Waals surface area contributed by atoms with Crippen LogP contribution in [-0.2, 0) is 9.59 Å². The second-order valence-corrected chi connectivity index (χ2v) is 5.87. The number of carboxylic acid groups (broad SMARTS) is 1. The van der Waals surface area contributed by atoms with E-state index in [9.17, 15) is 14.7 Å². The highest BCUT2D eigenvalue weighted by atomic mass is 16.4. The Kier molecular flexibility index (Phi) is 5.31. The normalized spacial score (nSPS) is 25.7. The Morgan fingerprint density at radius 2 is 1.95 bits per heavy atom. The molecule has 0 bridgehead atoms. The summed E-state index contributed by atoms with van der Waals surface area (Å²) in [6.07, 6.45) is 3.37. The number of carbonyl (C=O) groups excluding carboxylic acids is 1. The maximum absolute atomic E-state index is 11.8. The average molecular weight is 272 g/mol. The number of aliphatic hydroxyl groups is 1. The van der Waals surface area contributed by atoms with E-state index in [1.165, 1.54) is 13.8 Å². The van der Waals surface area contributed by atoms with Gasteiger partial charge in [0.2, 0.25) is 5.91 Å². The largest absolute Gasteiger partial charge is 0.481 e. The van der Waals surface area contributed by atoms with Crippen LogP contribution in [0.1, 0.15) is 39.5 Å². The van der Waals surface area contributed by atoms with E-state index in [1.807, 2.05) is 0 Å². The smallest absolute Gasteiger partial charge is 0.306 e. The third-order valence-electron chi connectivity index (χ3n) is 3.81. The Balaban J connectivity index is 2.51. The van der Waals surface area contributed by atoms with Crippen LogP contribution < -0.4 is 11.1 Å². The van der Waals surface area contributed by atoms with E-state index in [1.54, 1.807) is 0 Å². The third-order valence-corrected chi connectivity index (χ3v) is 3.81. The summed E-state index contributed by atoms with van der Waals surface area (Å²) in [5.41, 5.74) is 4.34. The second-order valence-electron chi connectivity index (χ2n) is 5.87. The van der Waals surface area contributed by atoms with Crippen LogP contribution in [0.15, 0.2) is 0 Å². The Hall–Kier alpha value is -1.14. The molecule has 5 N–H and O–H groups in total. The molecule has 1 saturated carbocycles. The summed E-state index contributed by atoms with van der Waals surface area (Å²) < 4.78 is 0. The van der Waals surface area contributed by atoms with Crippen LogP contribution in [0.4, 0.5) is 0 Å². The van der Waals surface area contributed by atoms with Gasteiger partial charge in [0.05, 0.1) is 11.5 Å². The average Bonchev–Trinajstić information content (AvgIpc) is 2.34. The molecule has 110 valence electrons. The first-order chi connectivity index (χ1) is 8.73. The van der Waals surface area contributed by atoms with Crippen LogP contribution in [0.3, 0.4) is 0 Å². The van der Waals surface area contributed by atoms with Crippen molar-refractivity contribution in [3.05, 3.63) is 0 Å². The minimum absolute atomic E-state index is 0.0517. The van der Waals surface area contributed by atoms with E-state index in [2.05, 4.69) is 5.32 Å². The summed E-state index contributed by atoms with van der Waals surface area (Å²) in [6, 6.07) is -1.01. The predicted molar refractivity (Wildman–Crippen MR) is 70.4 cm³/mol. The molecule has 0 aliphatic heterocycles. The number of nitrogens with two attached hydrogens (primary N) is 1. The lowest BCUT2D eigenvalue weighted by molar-refractivity contribution is -0.145. The van der Waals surface area contributed by atoms with Crippen LogP contribution in [0.2, 0.25) is 0 Å². The molecule has 0 radical (unpaired) electrons. The molecule has 0 aromatic rings. The zero-order chi connectivity index (χ0) is 14.6. The van der Waals surface area contributed by atoms with Crippen LogP contribution >= 0.6 is 0 Å². The van der Waals surface area contributed by atoms with E-state index in [0.717, 1.165) is 19.3 Å². The SMILES string of the molecule is CC(C)(O)C(N)C(=O)NCC1CCCCC1C(=O)O. The molecule has 1 rings (SSSR count). The highest BCUT2D eigenvalue weighted by molar-refractivity contribution is 5.82. The summed E-state index contributed by atoms with van der Waals surface area (Å²) in [6.45, 7) is 3.25. The Morgan fingerprint density at radius 1 is 1.37 bits per heavy atom. The van der Waals surface area contributed by atoms with Gasteiger partial charge in [-0.05, 0) is 32.6 Å². The molecule has 19 heavy (non-hydrogen) atoms. The first-order valence-electron chi connectivity index (χ1n) is 6.72. The molecule has 1 fully saturated rings. The molecule has 0 heterocycles. The summed E-state index contributed by atoms with van der Waals surface area (Å²) in [5, 5.41) is 21.4. The van der Waals surface area contributed by atoms with Crippen molar-refractivity contribution >= 4 is 11.9 Å². The van der Waals surface area contributed by atoms with Crippen LogP contribution in [0.25, 0.3) is 0 Å². The zero-order valence-electron chi connectivity index (χ0n) is 11.6. The molecule has 3 atom stereocenters. The molecule has 1 amide bonds. The molecule has 3 unspecified atom stereocenters. The van der Waals surface area contributed by atoms with Crippen molar-refractivity contribution in [3.8, 4) is 0 Å². The number of amides is 1. The summed E-state index contributed by atoms with van der Waals surface area (Å²) >= 11 is 0. The number of rotatable bonds is 5. The molecular weight excluding hydrogens is 248 g/mol. The number of carboxylic acids is 1. The molecule has 6 nitrogen and oxygen atoms in total. The first-order valence-corrected chi connectivity index (χ1v) is 6.72.